The number of aliphatic hydroxyl groups excluding tert-OH is 1. The van der Waals surface area contributed by atoms with Gasteiger partial charge in [0.1, 0.15) is 23.7 Å². The number of cyclic esters (lactones) is 1. The first-order valence-electron chi connectivity index (χ1n) is 8.20. The Labute approximate surface area is 152 Å². The fourth-order valence-electron chi connectivity index (χ4n) is 3.04. The van der Waals surface area contributed by atoms with Gasteiger partial charge >= 0.3 is 11.9 Å². The van der Waals surface area contributed by atoms with Crippen molar-refractivity contribution in [3.05, 3.63) is 33.9 Å². The van der Waals surface area contributed by atoms with Crippen molar-refractivity contribution < 1.29 is 33.6 Å². The van der Waals surface area contributed by atoms with Crippen LogP contribution in [0.1, 0.15) is 40.4 Å². The number of fused-ring (bicyclic) bond motifs is 1. The summed E-state index contributed by atoms with van der Waals surface area (Å²) in [6.45, 7) is 3.78. The molecule has 7 heteroatoms. The van der Waals surface area contributed by atoms with E-state index in [9.17, 15) is 14.7 Å². The number of carbonyl (C=O) groups excluding carboxylic acids is 2. The van der Waals surface area contributed by atoms with E-state index >= 15 is 0 Å². The lowest BCUT2D eigenvalue weighted by Crippen LogP contribution is -2.16. The summed E-state index contributed by atoms with van der Waals surface area (Å²) in [4.78, 5) is 23.4. The van der Waals surface area contributed by atoms with E-state index in [-0.39, 0.29) is 13.0 Å². The third-order valence-corrected chi connectivity index (χ3v) is 4.57. The maximum Gasteiger partial charge on any atom is 0.342 e. The summed E-state index contributed by atoms with van der Waals surface area (Å²) >= 11 is 0. The molecule has 1 aromatic rings. The Hall–Kier alpha value is -2.54. The summed E-state index contributed by atoms with van der Waals surface area (Å²) in [5, 5.41) is 10.1. The highest BCUT2D eigenvalue weighted by atomic mass is 16.5. The molecule has 142 valence electrons. The fraction of sp³-hybridized carbons (Fsp3) is 0.474. The summed E-state index contributed by atoms with van der Waals surface area (Å²) in [6.07, 6.45) is 1.07. The summed E-state index contributed by atoms with van der Waals surface area (Å²) in [7, 11) is 4.32. The Bertz CT molecular complexity index is 749. The van der Waals surface area contributed by atoms with Gasteiger partial charge in [-0.2, -0.15) is 0 Å². The summed E-state index contributed by atoms with van der Waals surface area (Å²) in [6, 6.07) is 0. The van der Waals surface area contributed by atoms with E-state index in [1.54, 1.807) is 20.1 Å². The van der Waals surface area contributed by atoms with Crippen LogP contribution in [0, 0.1) is 6.92 Å². The van der Waals surface area contributed by atoms with E-state index in [2.05, 4.69) is 4.74 Å². The van der Waals surface area contributed by atoms with Gasteiger partial charge in [0.25, 0.3) is 0 Å². The Balaban J connectivity index is 2.41. The van der Waals surface area contributed by atoms with E-state index < -0.39 is 18.0 Å². The number of carbonyl (C=O) groups is 2. The molecular weight excluding hydrogens is 340 g/mol. The smallest absolute Gasteiger partial charge is 0.342 e. The van der Waals surface area contributed by atoms with E-state index in [4.69, 9.17) is 14.2 Å². The first-order valence-corrected chi connectivity index (χ1v) is 8.20. The van der Waals surface area contributed by atoms with Crippen LogP contribution in [0.15, 0.2) is 11.6 Å². The number of aliphatic hydroxyl groups is 1. The lowest BCUT2D eigenvalue weighted by Gasteiger charge is -2.18. The van der Waals surface area contributed by atoms with E-state index in [1.165, 1.54) is 14.2 Å². The lowest BCUT2D eigenvalue weighted by atomic mass is 9.94. The van der Waals surface area contributed by atoms with Crippen LogP contribution in [-0.2, 0) is 27.3 Å². The molecule has 1 aliphatic rings. The summed E-state index contributed by atoms with van der Waals surface area (Å²) < 4.78 is 20.7. The van der Waals surface area contributed by atoms with Crippen LogP contribution in [0.25, 0.3) is 0 Å². The molecule has 1 aromatic carbocycles. The number of allylic oxidation sites excluding steroid dienone is 1. The molecule has 26 heavy (non-hydrogen) atoms. The van der Waals surface area contributed by atoms with Crippen molar-refractivity contribution in [2.24, 2.45) is 0 Å². The van der Waals surface area contributed by atoms with Crippen LogP contribution < -0.4 is 9.47 Å². The van der Waals surface area contributed by atoms with Gasteiger partial charge in [-0.25, -0.2) is 4.79 Å². The summed E-state index contributed by atoms with van der Waals surface area (Å²) in [5.74, 6) is 0.119. The predicted octanol–water partition coefficient (Wildman–Crippen LogP) is 2.10. The Morgan fingerprint density at radius 2 is 1.92 bits per heavy atom. The quantitative estimate of drug-likeness (QED) is 0.585. The van der Waals surface area contributed by atoms with Crippen molar-refractivity contribution in [2.45, 2.75) is 39.4 Å². The molecule has 0 aliphatic carbocycles. The monoisotopic (exact) mass is 364 g/mol. The minimum absolute atomic E-state index is 0.122. The van der Waals surface area contributed by atoms with Crippen LogP contribution >= 0.6 is 0 Å². The molecule has 0 spiro atoms. The zero-order valence-electron chi connectivity index (χ0n) is 15.7. The van der Waals surface area contributed by atoms with Crippen molar-refractivity contribution in [1.82, 2.24) is 0 Å². The molecule has 2 rings (SSSR count). The standard InChI is InChI=1S/C19H24O7/c1-10(14(20)8-15(21)23-3)6-7-12-17(24-4)11(2)13-9-26-19(22)16(13)18(12)25-5/h6,14,20H,7-9H2,1-5H3/b10-6+/t14-/m0/s1. The van der Waals surface area contributed by atoms with Gasteiger partial charge in [0.2, 0.25) is 0 Å². The molecule has 0 saturated carbocycles. The van der Waals surface area contributed by atoms with Gasteiger partial charge in [0.15, 0.2) is 0 Å². The molecule has 0 bridgehead atoms. The molecule has 1 heterocycles. The van der Waals surface area contributed by atoms with Gasteiger partial charge in [0.05, 0.1) is 33.9 Å². The van der Waals surface area contributed by atoms with Gasteiger partial charge in [-0.1, -0.05) is 6.08 Å². The molecule has 1 N–H and O–H groups in total. The van der Waals surface area contributed by atoms with Gasteiger partial charge < -0.3 is 24.1 Å². The van der Waals surface area contributed by atoms with Crippen LogP contribution in [0.2, 0.25) is 0 Å². The Morgan fingerprint density at radius 1 is 1.27 bits per heavy atom. The highest BCUT2D eigenvalue weighted by molar-refractivity contribution is 5.98. The topological polar surface area (TPSA) is 91.3 Å². The maximum atomic E-state index is 12.1. The predicted molar refractivity (Wildman–Crippen MR) is 93.5 cm³/mol. The molecule has 0 fully saturated rings. The molecule has 1 aliphatic heterocycles. The Kier molecular flexibility index (Phi) is 6.26. The molecular formula is C19H24O7. The minimum Gasteiger partial charge on any atom is -0.496 e. The van der Waals surface area contributed by atoms with Crippen LogP contribution in [0.3, 0.4) is 0 Å². The van der Waals surface area contributed by atoms with Crippen molar-refractivity contribution in [3.63, 3.8) is 0 Å². The molecule has 0 aromatic heterocycles. The van der Waals surface area contributed by atoms with Gasteiger partial charge in [0, 0.05) is 11.1 Å². The average molecular weight is 364 g/mol. The SMILES string of the molecule is COC(=O)C[C@H](O)/C(C)=C/Cc1c(OC)c(C)c2c(c1OC)C(=O)OC2. The second kappa shape index (κ2) is 8.23. The van der Waals surface area contributed by atoms with Gasteiger partial charge in [-0.15, -0.1) is 0 Å². The maximum absolute atomic E-state index is 12.1. The van der Waals surface area contributed by atoms with Crippen LogP contribution in [0.4, 0.5) is 0 Å². The molecule has 0 saturated heterocycles. The van der Waals surface area contributed by atoms with Crippen LogP contribution in [-0.4, -0.2) is 44.5 Å². The highest BCUT2D eigenvalue weighted by Gasteiger charge is 2.32. The molecule has 7 nitrogen and oxygen atoms in total. The number of rotatable bonds is 7. The molecule has 0 radical (unpaired) electrons. The largest absolute Gasteiger partial charge is 0.496 e. The normalized spacial score (nSPS) is 14.5. The number of ether oxygens (including phenoxy) is 4. The van der Waals surface area contributed by atoms with E-state index in [1.807, 2.05) is 6.92 Å². The zero-order valence-corrected chi connectivity index (χ0v) is 15.7. The molecule has 1 atom stereocenters. The number of benzene rings is 1. The zero-order chi connectivity index (χ0) is 19.4. The molecule has 0 amide bonds. The first-order chi connectivity index (χ1) is 12.3. The third kappa shape index (κ3) is 3.67. The molecule has 0 unspecified atom stereocenters. The second-order valence-corrected chi connectivity index (χ2v) is 6.05. The van der Waals surface area contributed by atoms with Crippen molar-refractivity contribution in [3.8, 4) is 11.5 Å². The van der Waals surface area contributed by atoms with Gasteiger partial charge in [-0.3, -0.25) is 4.79 Å². The minimum atomic E-state index is -0.945. The van der Waals surface area contributed by atoms with E-state index in [0.717, 1.165) is 11.1 Å². The van der Waals surface area contributed by atoms with Crippen molar-refractivity contribution in [2.75, 3.05) is 21.3 Å². The summed E-state index contributed by atoms with van der Waals surface area (Å²) in [5.41, 5.74) is 3.31. The first kappa shape index (κ1) is 19.8. The Morgan fingerprint density at radius 3 is 2.50 bits per heavy atom. The number of hydrogen-bond donors (Lipinski definition) is 1. The number of hydrogen-bond acceptors (Lipinski definition) is 7. The third-order valence-electron chi connectivity index (χ3n) is 4.57. The fourth-order valence-corrected chi connectivity index (χ4v) is 3.04. The second-order valence-electron chi connectivity index (χ2n) is 6.05. The van der Waals surface area contributed by atoms with Crippen LogP contribution in [0.5, 0.6) is 11.5 Å². The average Bonchev–Trinajstić information content (AvgIpc) is 3.01. The van der Waals surface area contributed by atoms with Crippen molar-refractivity contribution >= 4 is 11.9 Å². The number of methoxy groups -OCH3 is 3. The van der Waals surface area contributed by atoms with Crippen molar-refractivity contribution in [1.29, 1.82) is 0 Å². The highest BCUT2D eigenvalue weighted by Crippen LogP contribution is 2.42. The number of esters is 2. The van der Waals surface area contributed by atoms with Gasteiger partial charge in [-0.05, 0) is 31.4 Å². The lowest BCUT2D eigenvalue weighted by molar-refractivity contribution is -0.142. The van der Waals surface area contributed by atoms with E-state index in [0.29, 0.717) is 34.6 Å².